The highest BCUT2D eigenvalue weighted by Gasteiger charge is 2.32. The van der Waals surface area contributed by atoms with Crippen LogP contribution in [0.5, 0.6) is 0 Å². The van der Waals surface area contributed by atoms with Crippen molar-refractivity contribution in [3.8, 4) is 0 Å². The third kappa shape index (κ3) is 5.62. The van der Waals surface area contributed by atoms with Crippen LogP contribution in [0.25, 0.3) is 11.0 Å². The Kier molecular flexibility index (Phi) is 7.69. The number of benzene rings is 2. The number of carboxylic acids is 1. The van der Waals surface area contributed by atoms with Gasteiger partial charge in [0.2, 0.25) is 0 Å². The molecule has 0 radical (unpaired) electrons. The lowest BCUT2D eigenvalue weighted by atomic mass is 10.0. The van der Waals surface area contributed by atoms with E-state index in [0.29, 0.717) is 24.8 Å². The number of rotatable bonds is 8. The number of likely N-dealkylation sites (tertiary alicyclic amines) is 1. The van der Waals surface area contributed by atoms with Gasteiger partial charge in [-0.3, -0.25) is 4.79 Å². The molecule has 5 rings (SSSR count). The number of carbonyl (C=O) groups excluding carboxylic acids is 1. The van der Waals surface area contributed by atoms with E-state index in [1.807, 2.05) is 37.3 Å². The van der Waals surface area contributed by atoms with Crippen molar-refractivity contribution in [3.05, 3.63) is 84.3 Å². The highest BCUT2D eigenvalue weighted by molar-refractivity contribution is 7.90. The predicted octanol–water partition coefficient (Wildman–Crippen LogP) is 3.67. The van der Waals surface area contributed by atoms with Crippen molar-refractivity contribution < 1.29 is 27.9 Å². The molecular formula is C28H29N5O6S. The molecule has 2 aromatic carbocycles. The van der Waals surface area contributed by atoms with Gasteiger partial charge in [0, 0.05) is 25.3 Å². The van der Waals surface area contributed by atoms with Crippen LogP contribution in [0.2, 0.25) is 0 Å². The van der Waals surface area contributed by atoms with Crippen LogP contribution in [-0.2, 0) is 26.2 Å². The first-order chi connectivity index (χ1) is 19.2. The van der Waals surface area contributed by atoms with Crippen molar-refractivity contribution in [1.29, 1.82) is 0 Å². The summed E-state index contributed by atoms with van der Waals surface area (Å²) in [6.07, 6.45) is 3.39. The highest BCUT2D eigenvalue weighted by Crippen LogP contribution is 2.30. The van der Waals surface area contributed by atoms with Gasteiger partial charge in [-0.25, -0.2) is 27.2 Å². The first kappa shape index (κ1) is 27.1. The molecule has 1 fully saturated rings. The number of carbonyl (C=O) groups is 2. The summed E-state index contributed by atoms with van der Waals surface area (Å²) in [6, 6.07) is 17.0. The molecule has 0 saturated carbocycles. The standard InChI is InChI=1S/C28H29N5O6S/c1-20-9-11-23(12-10-20)40(37,38)33-15-13-24-26(29-19-30-27(24)33)32(17-25(34)35)22-8-5-14-31(16-22)28(36)39-18-21-6-3-2-4-7-21/h2-4,6-7,9-13,15,19,22H,5,8,14,16-18H2,1H3,(H,34,35)/t22-/m1/s1. The molecule has 11 nitrogen and oxygen atoms in total. The Morgan fingerprint density at radius 1 is 1.07 bits per heavy atom. The van der Waals surface area contributed by atoms with Gasteiger partial charge in [0.05, 0.1) is 10.3 Å². The van der Waals surface area contributed by atoms with Crippen LogP contribution in [0.1, 0.15) is 24.0 Å². The Hall–Kier alpha value is -4.45. The van der Waals surface area contributed by atoms with Gasteiger partial charge in [0.1, 0.15) is 25.3 Å². The largest absolute Gasteiger partial charge is 0.480 e. The minimum Gasteiger partial charge on any atom is -0.480 e. The number of anilines is 1. The number of aliphatic carboxylic acids is 1. The van der Waals surface area contributed by atoms with Crippen molar-refractivity contribution >= 4 is 38.9 Å². The van der Waals surface area contributed by atoms with Gasteiger partial charge in [-0.05, 0) is 43.5 Å². The summed E-state index contributed by atoms with van der Waals surface area (Å²) in [6.45, 7) is 2.33. The maximum Gasteiger partial charge on any atom is 0.410 e. The number of amides is 1. The number of hydrogen-bond donors (Lipinski definition) is 1. The van der Waals surface area contributed by atoms with E-state index < -0.39 is 22.1 Å². The Bertz CT molecular complexity index is 1620. The third-order valence-corrected chi connectivity index (χ3v) is 8.56. The first-order valence-corrected chi connectivity index (χ1v) is 14.3. The lowest BCUT2D eigenvalue weighted by Gasteiger charge is -2.39. The van der Waals surface area contributed by atoms with Crippen molar-refractivity contribution in [1.82, 2.24) is 18.8 Å². The second-order valence-corrected chi connectivity index (χ2v) is 11.5. The molecule has 1 amide bonds. The average Bonchev–Trinajstić information content (AvgIpc) is 3.41. The highest BCUT2D eigenvalue weighted by atomic mass is 32.2. The van der Waals surface area contributed by atoms with E-state index in [0.717, 1.165) is 15.1 Å². The van der Waals surface area contributed by atoms with Gasteiger partial charge in [0.15, 0.2) is 5.65 Å². The van der Waals surface area contributed by atoms with Gasteiger partial charge < -0.3 is 19.6 Å². The molecule has 1 aliphatic heterocycles. The average molecular weight is 564 g/mol. The minimum atomic E-state index is -3.96. The number of hydrogen-bond acceptors (Lipinski definition) is 8. The fraction of sp³-hybridized carbons (Fsp3) is 0.286. The van der Waals surface area contributed by atoms with E-state index >= 15 is 0 Å². The quantitative estimate of drug-likeness (QED) is 0.341. The van der Waals surface area contributed by atoms with Crippen LogP contribution in [0.3, 0.4) is 0 Å². The molecule has 1 saturated heterocycles. The summed E-state index contributed by atoms with van der Waals surface area (Å²) >= 11 is 0. The summed E-state index contributed by atoms with van der Waals surface area (Å²) < 4.78 is 33.4. The maximum absolute atomic E-state index is 13.4. The minimum absolute atomic E-state index is 0.107. The summed E-state index contributed by atoms with van der Waals surface area (Å²) in [5.74, 6) is -0.794. The molecule has 0 unspecified atom stereocenters. The monoisotopic (exact) mass is 563 g/mol. The molecule has 1 atom stereocenters. The second kappa shape index (κ2) is 11.3. The number of aryl methyl sites for hydroxylation is 1. The smallest absolute Gasteiger partial charge is 0.410 e. The zero-order chi connectivity index (χ0) is 28.3. The predicted molar refractivity (Wildman–Crippen MR) is 147 cm³/mol. The Morgan fingerprint density at radius 2 is 1.82 bits per heavy atom. The molecule has 208 valence electrons. The number of carboxylic acid groups (broad SMARTS) is 1. The van der Waals surface area contributed by atoms with E-state index in [4.69, 9.17) is 4.74 Å². The molecule has 12 heteroatoms. The van der Waals surface area contributed by atoms with Gasteiger partial charge in [-0.2, -0.15) is 0 Å². The molecule has 0 bridgehead atoms. The zero-order valence-corrected chi connectivity index (χ0v) is 22.7. The Labute approximate surface area is 231 Å². The van der Waals surface area contributed by atoms with Gasteiger partial charge in [0.25, 0.3) is 10.0 Å². The Morgan fingerprint density at radius 3 is 2.55 bits per heavy atom. The van der Waals surface area contributed by atoms with Crippen LogP contribution in [0.15, 0.2) is 78.1 Å². The van der Waals surface area contributed by atoms with E-state index in [1.54, 1.807) is 28.0 Å². The second-order valence-electron chi connectivity index (χ2n) is 9.67. The van der Waals surface area contributed by atoms with Crippen LogP contribution in [0, 0.1) is 6.92 Å². The number of ether oxygens (including phenoxy) is 1. The van der Waals surface area contributed by atoms with Crippen LogP contribution in [-0.4, -0.2) is 70.1 Å². The van der Waals surface area contributed by atoms with Gasteiger partial charge in [-0.15, -0.1) is 0 Å². The third-order valence-electron chi connectivity index (χ3n) is 6.88. The molecule has 0 spiro atoms. The summed E-state index contributed by atoms with van der Waals surface area (Å²) in [7, 11) is -3.96. The Balaban J connectivity index is 1.42. The topological polar surface area (TPSA) is 135 Å². The molecule has 0 aliphatic carbocycles. The van der Waals surface area contributed by atoms with Crippen molar-refractivity contribution in [3.63, 3.8) is 0 Å². The number of nitrogens with zero attached hydrogens (tertiary/aromatic N) is 5. The van der Waals surface area contributed by atoms with Crippen LogP contribution >= 0.6 is 0 Å². The van der Waals surface area contributed by atoms with Crippen LogP contribution < -0.4 is 4.90 Å². The molecule has 3 heterocycles. The molecule has 1 N–H and O–H groups in total. The van der Waals surface area contributed by atoms with Gasteiger partial charge >= 0.3 is 12.1 Å². The molecule has 4 aromatic rings. The summed E-state index contributed by atoms with van der Waals surface area (Å²) in [5, 5.41) is 10.1. The van der Waals surface area contributed by atoms with E-state index in [9.17, 15) is 23.1 Å². The van der Waals surface area contributed by atoms with Gasteiger partial charge in [-0.1, -0.05) is 48.0 Å². The zero-order valence-electron chi connectivity index (χ0n) is 21.9. The lowest BCUT2D eigenvalue weighted by Crippen LogP contribution is -2.51. The number of fused-ring (bicyclic) bond motifs is 1. The summed E-state index contributed by atoms with van der Waals surface area (Å²) in [5.41, 5.74) is 1.93. The number of piperidine rings is 1. The first-order valence-electron chi connectivity index (χ1n) is 12.8. The molecule has 40 heavy (non-hydrogen) atoms. The van der Waals surface area contributed by atoms with Crippen molar-refractivity contribution in [2.75, 3.05) is 24.5 Å². The molecule has 2 aromatic heterocycles. The fourth-order valence-corrected chi connectivity index (χ4v) is 6.17. The van der Waals surface area contributed by atoms with E-state index in [-0.39, 0.29) is 42.1 Å². The molecular weight excluding hydrogens is 534 g/mol. The van der Waals surface area contributed by atoms with E-state index in [1.165, 1.54) is 24.7 Å². The lowest BCUT2D eigenvalue weighted by molar-refractivity contribution is -0.135. The fourth-order valence-electron chi connectivity index (χ4n) is 4.87. The van der Waals surface area contributed by atoms with E-state index in [2.05, 4.69) is 9.97 Å². The molecule has 1 aliphatic rings. The van der Waals surface area contributed by atoms with Crippen molar-refractivity contribution in [2.24, 2.45) is 0 Å². The normalized spacial score (nSPS) is 15.6. The maximum atomic E-state index is 13.4. The van der Waals surface area contributed by atoms with Crippen LogP contribution in [0.4, 0.5) is 10.6 Å². The number of aromatic nitrogens is 3. The SMILES string of the molecule is Cc1ccc(S(=O)(=O)n2ccc3c(N(CC(=O)O)[C@@H]4CCCN(C(=O)OCc5ccccc5)C4)ncnc32)cc1. The van der Waals surface area contributed by atoms with Crippen molar-refractivity contribution in [2.45, 2.75) is 37.3 Å². The summed E-state index contributed by atoms with van der Waals surface area (Å²) in [4.78, 5) is 36.6.